The lowest BCUT2D eigenvalue weighted by molar-refractivity contribution is 0.0522. The average molecular weight is 331 g/mol. The molecule has 0 atom stereocenters. The van der Waals surface area contributed by atoms with Gasteiger partial charge in [0, 0.05) is 28.1 Å². The smallest absolute Gasteiger partial charge is 0.0564 e. The molecule has 2 fully saturated rings. The van der Waals surface area contributed by atoms with Crippen molar-refractivity contribution < 1.29 is 5.11 Å². The van der Waals surface area contributed by atoms with Gasteiger partial charge in [-0.25, -0.2) is 0 Å². The fourth-order valence-corrected chi connectivity index (χ4v) is 3.88. The SMILES string of the molecule is OC1CCN(C2(c3cc(Cl)cc(Br)c3)CC2)CC1. The molecule has 1 aromatic rings. The highest BCUT2D eigenvalue weighted by Crippen LogP contribution is 2.52. The molecule has 0 spiro atoms. The number of nitrogens with zero attached hydrogens (tertiary/aromatic N) is 1. The minimum Gasteiger partial charge on any atom is -0.393 e. The number of hydrogen-bond acceptors (Lipinski definition) is 2. The molecule has 0 bridgehead atoms. The van der Waals surface area contributed by atoms with E-state index in [9.17, 15) is 5.11 Å². The maximum absolute atomic E-state index is 9.62. The molecule has 98 valence electrons. The van der Waals surface area contributed by atoms with Crippen molar-refractivity contribution in [3.63, 3.8) is 0 Å². The number of benzene rings is 1. The largest absolute Gasteiger partial charge is 0.393 e. The number of rotatable bonds is 2. The Morgan fingerprint density at radius 3 is 2.44 bits per heavy atom. The summed E-state index contributed by atoms with van der Waals surface area (Å²) in [6.45, 7) is 1.98. The van der Waals surface area contributed by atoms with Crippen LogP contribution in [-0.4, -0.2) is 29.2 Å². The van der Waals surface area contributed by atoms with Gasteiger partial charge in [0.25, 0.3) is 0 Å². The molecular weight excluding hydrogens is 314 g/mol. The quantitative estimate of drug-likeness (QED) is 0.896. The molecule has 2 aliphatic rings. The van der Waals surface area contributed by atoms with E-state index in [-0.39, 0.29) is 11.6 Å². The lowest BCUT2D eigenvalue weighted by Crippen LogP contribution is -2.42. The predicted molar refractivity (Wildman–Crippen MR) is 76.9 cm³/mol. The topological polar surface area (TPSA) is 23.5 Å². The second-order valence-corrected chi connectivity index (χ2v) is 6.76. The number of piperidine rings is 1. The summed E-state index contributed by atoms with van der Waals surface area (Å²) in [6, 6.07) is 6.20. The maximum Gasteiger partial charge on any atom is 0.0564 e. The number of aliphatic hydroxyl groups is 1. The highest BCUT2D eigenvalue weighted by Gasteiger charge is 2.50. The third-order valence-corrected chi connectivity index (χ3v) is 4.87. The first-order valence-corrected chi connectivity index (χ1v) is 7.67. The van der Waals surface area contributed by atoms with E-state index in [2.05, 4.69) is 33.0 Å². The van der Waals surface area contributed by atoms with Crippen LogP contribution < -0.4 is 0 Å². The zero-order chi connectivity index (χ0) is 12.8. The number of aliphatic hydroxyl groups excluding tert-OH is 1. The van der Waals surface area contributed by atoms with Crippen LogP contribution in [0.3, 0.4) is 0 Å². The van der Waals surface area contributed by atoms with Gasteiger partial charge >= 0.3 is 0 Å². The molecule has 18 heavy (non-hydrogen) atoms. The molecule has 1 aliphatic carbocycles. The van der Waals surface area contributed by atoms with Gasteiger partial charge in [0.05, 0.1) is 6.10 Å². The summed E-state index contributed by atoms with van der Waals surface area (Å²) in [4.78, 5) is 2.53. The van der Waals surface area contributed by atoms with Gasteiger partial charge in [0.2, 0.25) is 0 Å². The molecule has 3 rings (SSSR count). The number of likely N-dealkylation sites (tertiary alicyclic amines) is 1. The van der Waals surface area contributed by atoms with Crippen LogP contribution in [0, 0.1) is 0 Å². The van der Waals surface area contributed by atoms with Crippen LogP contribution in [-0.2, 0) is 5.54 Å². The molecule has 1 saturated heterocycles. The van der Waals surface area contributed by atoms with E-state index in [0.717, 1.165) is 35.4 Å². The molecule has 1 N–H and O–H groups in total. The van der Waals surface area contributed by atoms with Crippen molar-refractivity contribution in [3.05, 3.63) is 33.3 Å². The summed E-state index contributed by atoms with van der Waals surface area (Å²) >= 11 is 9.68. The third-order valence-electron chi connectivity index (χ3n) is 4.19. The first kappa shape index (κ1) is 12.9. The zero-order valence-electron chi connectivity index (χ0n) is 10.2. The van der Waals surface area contributed by atoms with Gasteiger partial charge in [-0.15, -0.1) is 0 Å². The second-order valence-electron chi connectivity index (χ2n) is 5.41. The lowest BCUT2D eigenvalue weighted by Gasteiger charge is -2.37. The molecule has 4 heteroatoms. The van der Waals surface area contributed by atoms with Crippen LogP contribution in [0.25, 0.3) is 0 Å². The number of hydrogen-bond donors (Lipinski definition) is 1. The molecule has 1 aliphatic heterocycles. The van der Waals surface area contributed by atoms with Crippen LogP contribution >= 0.6 is 27.5 Å². The van der Waals surface area contributed by atoms with Gasteiger partial charge in [-0.1, -0.05) is 27.5 Å². The van der Waals surface area contributed by atoms with Crippen molar-refractivity contribution in [2.24, 2.45) is 0 Å². The van der Waals surface area contributed by atoms with Gasteiger partial charge in [0.1, 0.15) is 0 Å². The lowest BCUT2D eigenvalue weighted by atomic mass is 9.98. The summed E-state index contributed by atoms with van der Waals surface area (Å²) < 4.78 is 1.05. The predicted octanol–water partition coefficient (Wildman–Crippen LogP) is 3.55. The van der Waals surface area contributed by atoms with Crippen LogP contribution in [0.2, 0.25) is 5.02 Å². The Kier molecular flexibility index (Phi) is 3.43. The van der Waals surface area contributed by atoms with Crippen LogP contribution in [0.15, 0.2) is 22.7 Å². The average Bonchev–Trinajstić information content (AvgIpc) is 3.10. The molecule has 1 saturated carbocycles. The van der Waals surface area contributed by atoms with Gasteiger partial charge in [0.15, 0.2) is 0 Å². The van der Waals surface area contributed by atoms with Crippen molar-refractivity contribution >= 4 is 27.5 Å². The second kappa shape index (κ2) is 4.78. The van der Waals surface area contributed by atoms with E-state index in [1.807, 2.05) is 6.07 Å². The first-order valence-electron chi connectivity index (χ1n) is 6.50. The van der Waals surface area contributed by atoms with E-state index >= 15 is 0 Å². The third kappa shape index (κ3) is 2.34. The van der Waals surface area contributed by atoms with Gasteiger partial charge in [-0.2, -0.15) is 0 Å². The summed E-state index contributed by atoms with van der Waals surface area (Å²) in [6.07, 6.45) is 4.08. The van der Waals surface area contributed by atoms with E-state index in [1.54, 1.807) is 0 Å². The number of halogens is 2. The standard InChI is InChI=1S/C14H17BrClNO/c15-11-7-10(8-12(16)9-11)14(3-4-14)17-5-1-13(18)2-6-17/h7-9,13,18H,1-6H2. The zero-order valence-corrected chi connectivity index (χ0v) is 12.5. The van der Waals surface area contributed by atoms with Gasteiger partial charge in [-0.05, 0) is 49.4 Å². The monoisotopic (exact) mass is 329 g/mol. The Balaban J connectivity index is 1.86. The highest BCUT2D eigenvalue weighted by atomic mass is 79.9. The van der Waals surface area contributed by atoms with Crippen molar-refractivity contribution in [2.75, 3.05) is 13.1 Å². The Bertz CT molecular complexity index is 433. The fraction of sp³-hybridized carbons (Fsp3) is 0.571. The molecule has 1 heterocycles. The minimum absolute atomic E-state index is 0.108. The van der Waals surface area contributed by atoms with Crippen molar-refractivity contribution in [1.29, 1.82) is 0 Å². The maximum atomic E-state index is 9.62. The normalized spacial score (nSPS) is 24.2. The van der Waals surface area contributed by atoms with Crippen molar-refractivity contribution in [1.82, 2.24) is 4.90 Å². The van der Waals surface area contributed by atoms with Gasteiger partial charge in [-0.3, -0.25) is 4.90 Å². The molecule has 0 amide bonds. The molecule has 1 aromatic carbocycles. The highest BCUT2D eigenvalue weighted by molar-refractivity contribution is 9.10. The molecule has 0 unspecified atom stereocenters. The van der Waals surface area contributed by atoms with E-state index in [0.29, 0.717) is 0 Å². The molecular formula is C14H17BrClNO. The van der Waals surface area contributed by atoms with E-state index < -0.39 is 0 Å². The Hall–Kier alpha value is -0.0900. The molecule has 0 radical (unpaired) electrons. The molecule has 0 aromatic heterocycles. The Morgan fingerprint density at radius 1 is 1.22 bits per heavy atom. The van der Waals surface area contributed by atoms with Crippen LogP contribution in [0.1, 0.15) is 31.2 Å². The Labute approximate surface area is 121 Å². The van der Waals surface area contributed by atoms with Crippen LogP contribution in [0.5, 0.6) is 0 Å². The minimum atomic E-state index is -0.108. The van der Waals surface area contributed by atoms with Gasteiger partial charge < -0.3 is 5.11 Å². The van der Waals surface area contributed by atoms with Crippen LogP contribution in [0.4, 0.5) is 0 Å². The summed E-state index contributed by atoms with van der Waals surface area (Å²) in [7, 11) is 0. The van der Waals surface area contributed by atoms with Crippen molar-refractivity contribution in [3.8, 4) is 0 Å². The van der Waals surface area contributed by atoms with Crippen molar-refractivity contribution in [2.45, 2.75) is 37.3 Å². The summed E-state index contributed by atoms with van der Waals surface area (Å²) in [5, 5.41) is 10.4. The summed E-state index contributed by atoms with van der Waals surface area (Å²) in [5.41, 5.74) is 1.51. The first-order chi connectivity index (χ1) is 8.60. The fourth-order valence-electron chi connectivity index (χ4n) is 3.02. The van der Waals surface area contributed by atoms with E-state index in [4.69, 9.17) is 11.6 Å². The Morgan fingerprint density at radius 2 is 1.89 bits per heavy atom. The van der Waals surface area contributed by atoms with E-state index in [1.165, 1.54) is 18.4 Å². The summed E-state index contributed by atoms with van der Waals surface area (Å²) in [5.74, 6) is 0. The molecule has 2 nitrogen and oxygen atoms in total.